The molecule has 1 amide bonds. The maximum Gasteiger partial charge on any atom is 0.411 e. The van der Waals surface area contributed by atoms with Crippen molar-refractivity contribution in [1.82, 2.24) is 10.3 Å². The lowest BCUT2D eigenvalue weighted by Gasteiger charge is -2.26. The average Bonchev–Trinajstić information content (AvgIpc) is 2.29. The summed E-state index contributed by atoms with van der Waals surface area (Å²) in [5.74, 6) is -0.110. The summed E-state index contributed by atoms with van der Waals surface area (Å²) in [5.41, 5.74) is 0.368. The Morgan fingerprint density at radius 3 is 2.36 bits per heavy atom. The Bertz CT molecular complexity index is 584. The molecule has 0 spiro atoms. The fourth-order valence-electron chi connectivity index (χ4n) is 1.55. The molecule has 2 N–H and O–H groups in total. The molecule has 0 unspecified atom stereocenters. The zero-order valence-electron chi connectivity index (χ0n) is 13.8. The van der Waals surface area contributed by atoms with E-state index in [4.69, 9.17) is 16.3 Å². The van der Waals surface area contributed by atoms with Crippen molar-refractivity contribution >= 4 is 23.8 Å². The molecule has 0 bridgehead atoms. The fraction of sp³-hybridized carbons (Fsp3) is 0.500. The van der Waals surface area contributed by atoms with Gasteiger partial charge in [-0.3, -0.25) is 5.32 Å². The molecule has 0 aliphatic rings. The van der Waals surface area contributed by atoms with Gasteiger partial charge in [0.05, 0.1) is 0 Å². The second-order valence-corrected chi connectivity index (χ2v) is 7.37. The van der Waals surface area contributed by atoms with Crippen LogP contribution in [-0.4, -0.2) is 21.8 Å². The molecule has 0 atom stereocenters. The van der Waals surface area contributed by atoms with Gasteiger partial charge in [-0.05, 0) is 38.5 Å². The van der Waals surface area contributed by atoms with E-state index in [1.165, 1.54) is 12.3 Å². The Hall–Kier alpha value is -1.75. The summed E-state index contributed by atoms with van der Waals surface area (Å²) in [7, 11) is 0. The molecule has 6 heteroatoms. The van der Waals surface area contributed by atoms with Crippen LogP contribution in [0.5, 0.6) is 5.75 Å². The highest BCUT2D eigenvalue weighted by molar-refractivity contribution is 6.30. The summed E-state index contributed by atoms with van der Waals surface area (Å²) < 4.78 is 5.27. The third-order valence-electron chi connectivity index (χ3n) is 2.60. The number of carbonyl (C=O) groups excluding carboxylic acids is 1. The molecule has 1 aromatic rings. The largest absolute Gasteiger partial charge is 0.505 e. The number of alkyl carbamates (subject to hydrolysis) is 1. The van der Waals surface area contributed by atoms with Crippen LogP contribution in [-0.2, 0) is 4.74 Å². The van der Waals surface area contributed by atoms with Crippen molar-refractivity contribution in [2.24, 2.45) is 5.41 Å². The van der Waals surface area contributed by atoms with Gasteiger partial charge in [-0.15, -0.1) is 0 Å². The Labute approximate surface area is 136 Å². The third kappa shape index (κ3) is 5.93. The van der Waals surface area contributed by atoms with Crippen LogP contribution in [0, 0.1) is 5.41 Å². The van der Waals surface area contributed by atoms with E-state index in [0.717, 1.165) is 0 Å². The smallest absolute Gasteiger partial charge is 0.411 e. The molecule has 0 aromatic carbocycles. The van der Waals surface area contributed by atoms with Crippen LogP contribution in [0.15, 0.2) is 18.0 Å². The Balaban J connectivity index is 3.05. The molecule has 1 aromatic heterocycles. The monoisotopic (exact) mass is 326 g/mol. The molecule has 22 heavy (non-hydrogen) atoms. The highest BCUT2D eigenvalue weighted by Crippen LogP contribution is 2.27. The molecule has 5 nitrogen and oxygen atoms in total. The summed E-state index contributed by atoms with van der Waals surface area (Å²) in [6.07, 6.45) is 2.72. The minimum absolute atomic E-state index is 0.0366. The first-order valence-electron chi connectivity index (χ1n) is 6.95. The van der Waals surface area contributed by atoms with Gasteiger partial charge >= 0.3 is 6.09 Å². The number of allylic oxidation sites excluding steroid dienone is 1. The molecule has 0 saturated carbocycles. The second kappa shape index (κ2) is 6.57. The quantitative estimate of drug-likeness (QED) is 0.792. The second-order valence-electron chi connectivity index (χ2n) is 7.01. The molecule has 0 radical (unpaired) electrons. The molecule has 0 aliphatic carbocycles. The van der Waals surface area contributed by atoms with Crippen LogP contribution in [0.25, 0.3) is 6.08 Å². The van der Waals surface area contributed by atoms with Crippen LogP contribution in [0.4, 0.5) is 4.79 Å². The summed E-state index contributed by atoms with van der Waals surface area (Å²) >= 11 is 5.69. The standard InChI is InChI=1S/C16H23ClN2O3/c1-15(2,3)12(19-14(21)22-16(4,5)6)8-10-7-11(20)13(17)18-9-10/h7-9,20H,1-6H3,(H,19,21)/b12-8-. The van der Waals surface area contributed by atoms with Crippen LogP contribution >= 0.6 is 11.6 Å². The van der Waals surface area contributed by atoms with Gasteiger partial charge in [0.15, 0.2) is 10.9 Å². The third-order valence-corrected chi connectivity index (χ3v) is 2.89. The lowest BCUT2D eigenvalue weighted by Crippen LogP contribution is -2.35. The van der Waals surface area contributed by atoms with Crippen molar-refractivity contribution in [3.05, 3.63) is 28.7 Å². The molecule has 0 fully saturated rings. The number of nitrogens with zero attached hydrogens (tertiary/aromatic N) is 1. The van der Waals surface area contributed by atoms with Gasteiger partial charge in [0.25, 0.3) is 0 Å². The minimum atomic E-state index is -0.576. The predicted octanol–water partition coefficient (Wildman–Crippen LogP) is 4.35. The van der Waals surface area contributed by atoms with E-state index in [1.807, 2.05) is 20.8 Å². The summed E-state index contributed by atoms with van der Waals surface area (Å²) in [5, 5.41) is 12.4. The number of pyridine rings is 1. The topological polar surface area (TPSA) is 71.5 Å². The van der Waals surface area contributed by atoms with Crippen molar-refractivity contribution in [3.63, 3.8) is 0 Å². The van der Waals surface area contributed by atoms with Gasteiger partial charge in [-0.1, -0.05) is 32.4 Å². The van der Waals surface area contributed by atoms with E-state index in [9.17, 15) is 9.90 Å². The normalized spacial score (nSPS) is 13.0. The number of amides is 1. The molecule has 0 saturated heterocycles. The van der Waals surface area contributed by atoms with Crippen LogP contribution < -0.4 is 5.32 Å². The maximum absolute atomic E-state index is 12.0. The summed E-state index contributed by atoms with van der Waals surface area (Å²) in [6, 6.07) is 1.48. The Morgan fingerprint density at radius 2 is 1.91 bits per heavy atom. The van der Waals surface area contributed by atoms with E-state index in [1.54, 1.807) is 26.8 Å². The number of halogens is 1. The maximum atomic E-state index is 12.0. The number of hydrogen-bond donors (Lipinski definition) is 2. The van der Waals surface area contributed by atoms with Crippen LogP contribution in [0.3, 0.4) is 0 Å². The lowest BCUT2D eigenvalue weighted by atomic mass is 9.90. The zero-order chi connectivity index (χ0) is 17.1. The number of aromatic nitrogens is 1. The van der Waals surface area contributed by atoms with E-state index < -0.39 is 11.7 Å². The number of hydrogen-bond acceptors (Lipinski definition) is 4. The molecule has 1 heterocycles. The number of aromatic hydroxyl groups is 1. The van der Waals surface area contributed by atoms with Crippen LogP contribution in [0.1, 0.15) is 47.1 Å². The van der Waals surface area contributed by atoms with Gasteiger partial charge < -0.3 is 9.84 Å². The molecule has 122 valence electrons. The Morgan fingerprint density at radius 1 is 1.32 bits per heavy atom. The van der Waals surface area contributed by atoms with Gasteiger partial charge in [0, 0.05) is 17.3 Å². The molecule has 0 aliphatic heterocycles. The number of ether oxygens (including phenoxy) is 1. The lowest BCUT2D eigenvalue weighted by molar-refractivity contribution is 0.0536. The first kappa shape index (κ1) is 18.3. The number of rotatable bonds is 2. The van der Waals surface area contributed by atoms with Crippen molar-refractivity contribution in [3.8, 4) is 5.75 Å². The summed E-state index contributed by atoms with van der Waals surface area (Å²) in [4.78, 5) is 15.8. The molecular weight excluding hydrogens is 304 g/mol. The highest BCUT2D eigenvalue weighted by Gasteiger charge is 2.23. The predicted molar refractivity (Wildman–Crippen MR) is 87.7 cm³/mol. The van der Waals surface area contributed by atoms with Crippen molar-refractivity contribution in [2.75, 3.05) is 0 Å². The van der Waals surface area contributed by atoms with Gasteiger partial charge in [0.2, 0.25) is 0 Å². The van der Waals surface area contributed by atoms with Gasteiger partial charge in [-0.2, -0.15) is 0 Å². The van der Waals surface area contributed by atoms with Gasteiger partial charge in [-0.25, -0.2) is 9.78 Å². The minimum Gasteiger partial charge on any atom is -0.505 e. The van der Waals surface area contributed by atoms with E-state index in [0.29, 0.717) is 11.3 Å². The first-order chi connectivity index (χ1) is 9.88. The molecule has 1 rings (SSSR count). The average molecular weight is 327 g/mol. The Kier molecular flexibility index (Phi) is 5.46. The highest BCUT2D eigenvalue weighted by atomic mass is 35.5. The van der Waals surface area contributed by atoms with E-state index in [-0.39, 0.29) is 16.3 Å². The SMILES string of the molecule is CC(C)(C)OC(=O)N/C(=C\c1cnc(Cl)c(O)c1)C(C)(C)C. The van der Waals surface area contributed by atoms with Gasteiger partial charge in [0.1, 0.15) is 5.60 Å². The first-order valence-corrected chi connectivity index (χ1v) is 7.33. The van der Waals surface area contributed by atoms with Crippen molar-refractivity contribution in [1.29, 1.82) is 0 Å². The fourth-order valence-corrected chi connectivity index (χ4v) is 1.65. The van der Waals surface area contributed by atoms with Crippen molar-refractivity contribution < 1.29 is 14.6 Å². The summed E-state index contributed by atoms with van der Waals surface area (Å²) in [6.45, 7) is 11.3. The zero-order valence-corrected chi connectivity index (χ0v) is 14.6. The van der Waals surface area contributed by atoms with Crippen LogP contribution in [0.2, 0.25) is 5.15 Å². The number of carbonyl (C=O) groups is 1. The number of nitrogens with one attached hydrogen (secondary N) is 1. The van der Waals surface area contributed by atoms with E-state index in [2.05, 4.69) is 10.3 Å². The van der Waals surface area contributed by atoms with E-state index >= 15 is 0 Å². The van der Waals surface area contributed by atoms with Crippen molar-refractivity contribution in [2.45, 2.75) is 47.1 Å². The molecular formula is C16H23ClN2O3.